The van der Waals surface area contributed by atoms with E-state index >= 15 is 0 Å². The number of nitrogens with zero attached hydrogens (tertiary/aromatic N) is 3. The van der Waals surface area contributed by atoms with E-state index in [1.54, 1.807) is 18.5 Å². The number of aromatic nitrogens is 4. The molecular formula is C18H18ClFN5O. The summed E-state index contributed by atoms with van der Waals surface area (Å²) < 4.78 is 14.3. The number of hydrogen-bond donors (Lipinski definition) is 3. The van der Waals surface area contributed by atoms with Crippen molar-refractivity contribution in [2.45, 2.75) is 38.3 Å². The van der Waals surface area contributed by atoms with Crippen LogP contribution in [0.4, 0.5) is 10.2 Å². The van der Waals surface area contributed by atoms with E-state index in [1.165, 1.54) is 0 Å². The lowest BCUT2D eigenvalue weighted by Gasteiger charge is -2.33. The van der Waals surface area contributed by atoms with Crippen molar-refractivity contribution in [1.29, 1.82) is 0 Å². The molecule has 0 bridgehead atoms. The van der Waals surface area contributed by atoms with E-state index in [1.807, 2.05) is 6.92 Å². The predicted octanol–water partition coefficient (Wildman–Crippen LogP) is 3.73. The Kier molecular flexibility index (Phi) is 4.50. The molecule has 0 aromatic carbocycles. The molecule has 1 saturated carbocycles. The van der Waals surface area contributed by atoms with Gasteiger partial charge in [-0.05, 0) is 18.9 Å². The number of halogens is 2. The lowest BCUT2D eigenvalue weighted by atomic mass is 9.84. The summed E-state index contributed by atoms with van der Waals surface area (Å²) >= 11 is 6.03. The molecule has 2 atom stereocenters. The minimum atomic E-state index is -0.613. The molecule has 2 unspecified atom stereocenters. The SMILES string of the molecule is C[C]1CCCC(Nc2nc(-c3c[nH]c4ncc(Cl)cc34)ncc2F)C1O. The molecule has 8 heteroatoms. The number of hydrogen-bond acceptors (Lipinski definition) is 5. The lowest BCUT2D eigenvalue weighted by Crippen LogP contribution is -2.40. The van der Waals surface area contributed by atoms with Gasteiger partial charge in [-0.25, -0.2) is 19.3 Å². The van der Waals surface area contributed by atoms with Crippen LogP contribution in [0.15, 0.2) is 24.7 Å². The Morgan fingerprint density at radius 1 is 1.35 bits per heavy atom. The van der Waals surface area contributed by atoms with Gasteiger partial charge in [0.25, 0.3) is 0 Å². The van der Waals surface area contributed by atoms with Crippen molar-refractivity contribution in [3.8, 4) is 11.4 Å². The number of anilines is 1. The minimum absolute atomic E-state index is 0.0816. The number of fused-ring (bicyclic) bond motifs is 1. The molecule has 1 aliphatic rings. The Balaban J connectivity index is 1.68. The molecule has 3 N–H and O–H groups in total. The molecule has 6 nitrogen and oxygen atoms in total. The molecule has 135 valence electrons. The first-order valence-corrected chi connectivity index (χ1v) is 8.83. The fourth-order valence-corrected chi connectivity index (χ4v) is 3.50. The maximum Gasteiger partial charge on any atom is 0.183 e. The molecule has 26 heavy (non-hydrogen) atoms. The Hall–Kier alpha value is -2.25. The largest absolute Gasteiger partial charge is 0.390 e. The van der Waals surface area contributed by atoms with Crippen LogP contribution in [-0.2, 0) is 0 Å². The van der Waals surface area contributed by atoms with E-state index in [0.717, 1.165) is 36.8 Å². The third-order valence-corrected chi connectivity index (χ3v) is 4.98. The number of aliphatic hydroxyl groups is 1. The molecule has 0 aliphatic heterocycles. The van der Waals surface area contributed by atoms with E-state index in [4.69, 9.17) is 11.6 Å². The molecule has 1 radical (unpaired) electrons. The summed E-state index contributed by atoms with van der Waals surface area (Å²) in [6.07, 6.45) is 6.38. The zero-order chi connectivity index (χ0) is 18.3. The second kappa shape index (κ2) is 6.81. The van der Waals surface area contributed by atoms with Crippen molar-refractivity contribution in [2.24, 2.45) is 0 Å². The van der Waals surface area contributed by atoms with Crippen LogP contribution in [0, 0.1) is 11.7 Å². The average Bonchev–Trinajstić information content (AvgIpc) is 3.04. The normalized spacial score (nSPS) is 21.2. The highest BCUT2D eigenvalue weighted by Gasteiger charge is 2.30. The van der Waals surface area contributed by atoms with Gasteiger partial charge in [0.2, 0.25) is 0 Å². The van der Waals surface area contributed by atoms with Gasteiger partial charge in [-0.15, -0.1) is 0 Å². The first kappa shape index (κ1) is 17.2. The Morgan fingerprint density at radius 3 is 3.04 bits per heavy atom. The van der Waals surface area contributed by atoms with Crippen LogP contribution in [-0.4, -0.2) is 37.2 Å². The topological polar surface area (TPSA) is 86.7 Å². The van der Waals surface area contributed by atoms with Crippen molar-refractivity contribution in [2.75, 3.05) is 5.32 Å². The minimum Gasteiger partial charge on any atom is -0.390 e. The second-order valence-corrected chi connectivity index (χ2v) is 7.01. The highest BCUT2D eigenvalue weighted by molar-refractivity contribution is 6.31. The fourth-order valence-electron chi connectivity index (χ4n) is 3.34. The maximum atomic E-state index is 14.3. The first-order valence-electron chi connectivity index (χ1n) is 8.45. The van der Waals surface area contributed by atoms with Crippen LogP contribution in [0.2, 0.25) is 5.02 Å². The summed E-state index contributed by atoms with van der Waals surface area (Å²) in [5.41, 5.74) is 1.34. The Labute approximate surface area is 154 Å². The van der Waals surface area contributed by atoms with Crippen molar-refractivity contribution in [3.63, 3.8) is 0 Å². The van der Waals surface area contributed by atoms with E-state index < -0.39 is 11.9 Å². The molecule has 0 amide bonds. The number of rotatable bonds is 3. The summed E-state index contributed by atoms with van der Waals surface area (Å²) in [5.74, 6) is 0.884. The van der Waals surface area contributed by atoms with Crippen LogP contribution >= 0.6 is 11.6 Å². The molecule has 0 saturated heterocycles. The molecule has 1 fully saturated rings. The van der Waals surface area contributed by atoms with Gasteiger partial charge < -0.3 is 15.4 Å². The summed E-state index contributed by atoms with van der Waals surface area (Å²) in [6, 6.07) is 1.50. The number of H-pyrrole nitrogens is 1. The van der Waals surface area contributed by atoms with E-state index in [-0.39, 0.29) is 11.9 Å². The highest BCUT2D eigenvalue weighted by Crippen LogP contribution is 2.31. The van der Waals surface area contributed by atoms with E-state index in [0.29, 0.717) is 22.1 Å². The van der Waals surface area contributed by atoms with Crippen molar-refractivity contribution in [3.05, 3.63) is 41.4 Å². The maximum absolute atomic E-state index is 14.3. The van der Waals surface area contributed by atoms with Crippen LogP contribution in [0.5, 0.6) is 0 Å². The lowest BCUT2D eigenvalue weighted by molar-refractivity contribution is 0.138. The molecule has 3 aromatic rings. The number of nitrogens with one attached hydrogen (secondary N) is 2. The third-order valence-electron chi connectivity index (χ3n) is 4.78. The fraction of sp³-hybridized carbons (Fsp3) is 0.333. The molecule has 4 rings (SSSR count). The first-order chi connectivity index (χ1) is 12.5. The zero-order valence-corrected chi connectivity index (χ0v) is 14.9. The standard InChI is InChI=1S/C18H18ClFN5O/c1-9-3-2-4-14(15(9)26)24-18-13(20)8-23-17(25-18)12-7-22-16-11(12)5-10(19)6-21-16/h5-8,14-15,26H,2-4H2,1H3,(H,21,22)(H,23,24,25). The second-order valence-electron chi connectivity index (χ2n) is 6.58. The number of aliphatic hydroxyl groups excluding tert-OH is 1. The van der Waals surface area contributed by atoms with Crippen molar-refractivity contribution in [1.82, 2.24) is 19.9 Å². The molecule has 3 heterocycles. The van der Waals surface area contributed by atoms with Gasteiger partial charge >= 0.3 is 0 Å². The summed E-state index contributed by atoms with van der Waals surface area (Å²) in [4.78, 5) is 15.7. The van der Waals surface area contributed by atoms with Gasteiger partial charge in [0.15, 0.2) is 17.5 Å². The van der Waals surface area contributed by atoms with Gasteiger partial charge in [-0.3, -0.25) is 0 Å². The van der Waals surface area contributed by atoms with Crippen LogP contribution < -0.4 is 5.32 Å². The van der Waals surface area contributed by atoms with Crippen molar-refractivity contribution >= 4 is 28.5 Å². The van der Waals surface area contributed by atoms with Gasteiger partial charge in [0, 0.05) is 29.3 Å². The number of pyridine rings is 1. The van der Waals surface area contributed by atoms with Crippen molar-refractivity contribution < 1.29 is 9.50 Å². The predicted molar refractivity (Wildman–Crippen MR) is 98.3 cm³/mol. The van der Waals surface area contributed by atoms with Gasteiger partial charge in [0.05, 0.1) is 23.4 Å². The quantitative estimate of drug-likeness (QED) is 0.650. The highest BCUT2D eigenvalue weighted by atomic mass is 35.5. The van der Waals surface area contributed by atoms with Gasteiger partial charge in [-0.2, -0.15) is 0 Å². The molecule has 0 spiro atoms. The average molecular weight is 375 g/mol. The molecule has 3 aromatic heterocycles. The Morgan fingerprint density at radius 2 is 2.19 bits per heavy atom. The Bertz CT molecular complexity index is 946. The van der Waals surface area contributed by atoms with E-state index in [2.05, 4.69) is 25.3 Å². The number of aromatic amines is 1. The summed E-state index contributed by atoms with van der Waals surface area (Å²) in [6.45, 7) is 1.92. The third kappa shape index (κ3) is 3.12. The zero-order valence-electron chi connectivity index (χ0n) is 14.1. The van der Waals surface area contributed by atoms with Crippen LogP contribution in [0.1, 0.15) is 26.2 Å². The van der Waals surface area contributed by atoms with Gasteiger partial charge in [-0.1, -0.05) is 24.9 Å². The van der Waals surface area contributed by atoms with Gasteiger partial charge in [0.1, 0.15) is 5.65 Å². The summed E-state index contributed by atoms with van der Waals surface area (Å²) in [5, 5.41) is 14.6. The monoisotopic (exact) mass is 374 g/mol. The smallest absolute Gasteiger partial charge is 0.183 e. The van der Waals surface area contributed by atoms with E-state index in [9.17, 15) is 9.50 Å². The summed E-state index contributed by atoms with van der Waals surface area (Å²) in [7, 11) is 0. The van der Waals surface area contributed by atoms with Crippen LogP contribution in [0.25, 0.3) is 22.4 Å². The molecule has 1 aliphatic carbocycles. The molecular weight excluding hydrogens is 357 g/mol. The van der Waals surface area contributed by atoms with Crippen LogP contribution in [0.3, 0.4) is 0 Å².